The Morgan fingerprint density at radius 1 is 1.29 bits per heavy atom. The Kier molecular flexibility index (Phi) is 4.80. The molecule has 0 amide bonds. The first-order valence-electron chi connectivity index (χ1n) is 6.81. The van der Waals surface area contributed by atoms with Crippen LogP contribution in [0, 0.1) is 0 Å². The van der Waals surface area contributed by atoms with Crippen molar-refractivity contribution in [3.8, 4) is 0 Å². The molecule has 112 valence electrons. The van der Waals surface area contributed by atoms with E-state index < -0.39 is 0 Å². The summed E-state index contributed by atoms with van der Waals surface area (Å²) < 4.78 is 11.0. The van der Waals surface area contributed by atoms with Gasteiger partial charge in [-0.2, -0.15) is 4.98 Å². The third-order valence-electron chi connectivity index (χ3n) is 3.31. The largest absolute Gasteiger partial charge is 0.364 e. The van der Waals surface area contributed by atoms with Crippen LogP contribution in [0.1, 0.15) is 30.7 Å². The zero-order chi connectivity index (χ0) is 14.7. The molecule has 2 unspecified atom stereocenters. The van der Waals surface area contributed by atoms with E-state index in [9.17, 15) is 0 Å². The minimum Gasteiger partial charge on any atom is -0.364 e. The Balaban J connectivity index is 1.57. The highest BCUT2D eigenvalue weighted by Gasteiger charge is 2.29. The number of ether oxygens (including phenoxy) is 1. The van der Waals surface area contributed by atoms with Crippen LogP contribution < -0.4 is 5.73 Å². The molecule has 5 nitrogen and oxygen atoms in total. The lowest BCUT2D eigenvalue weighted by Gasteiger charge is -2.07. The van der Waals surface area contributed by atoms with E-state index in [0.717, 1.165) is 22.8 Å². The van der Waals surface area contributed by atoms with Crippen molar-refractivity contribution < 1.29 is 9.26 Å². The number of benzene rings is 1. The van der Waals surface area contributed by atoms with E-state index >= 15 is 0 Å². The molecule has 3 rings (SSSR count). The summed E-state index contributed by atoms with van der Waals surface area (Å²) in [5.74, 6) is 1.88. The van der Waals surface area contributed by atoms with Crippen molar-refractivity contribution in [2.24, 2.45) is 5.73 Å². The molecule has 0 radical (unpaired) electrons. The molecule has 0 spiro atoms. The molecule has 1 aliphatic heterocycles. The Morgan fingerprint density at radius 2 is 2.10 bits per heavy atom. The van der Waals surface area contributed by atoms with Crippen molar-refractivity contribution >= 4 is 23.4 Å². The molecule has 1 aromatic carbocycles. The van der Waals surface area contributed by atoms with E-state index in [1.807, 2.05) is 24.3 Å². The van der Waals surface area contributed by atoms with Crippen LogP contribution >= 0.6 is 23.4 Å². The summed E-state index contributed by atoms with van der Waals surface area (Å²) in [6, 6.07) is 7.68. The minimum absolute atomic E-state index is 0.105. The third kappa shape index (κ3) is 3.77. The lowest BCUT2D eigenvalue weighted by atomic mass is 10.2. The second kappa shape index (κ2) is 6.79. The number of nitrogens with zero attached hydrogens (tertiary/aromatic N) is 2. The fourth-order valence-corrected chi connectivity index (χ4v) is 3.06. The Morgan fingerprint density at radius 3 is 2.81 bits per heavy atom. The fourth-order valence-electron chi connectivity index (χ4n) is 2.20. The van der Waals surface area contributed by atoms with E-state index in [-0.39, 0.29) is 12.2 Å². The molecule has 0 aliphatic carbocycles. The minimum atomic E-state index is -0.111. The molecular formula is C14H16ClN3O2S. The predicted molar refractivity (Wildman–Crippen MR) is 81.2 cm³/mol. The topological polar surface area (TPSA) is 74.2 Å². The van der Waals surface area contributed by atoms with E-state index in [2.05, 4.69) is 10.1 Å². The number of aromatic nitrogens is 2. The molecule has 0 saturated carbocycles. The Bertz CT molecular complexity index is 590. The van der Waals surface area contributed by atoms with Crippen molar-refractivity contribution in [3.63, 3.8) is 0 Å². The highest BCUT2D eigenvalue weighted by molar-refractivity contribution is 7.98. The van der Waals surface area contributed by atoms with Gasteiger partial charge in [0.15, 0.2) is 5.82 Å². The molecule has 2 N–H and O–H groups in total. The number of hydrogen-bond acceptors (Lipinski definition) is 6. The summed E-state index contributed by atoms with van der Waals surface area (Å²) in [5.41, 5.74) is 5.60. The standard InChI is InChI=1S/C14H16ClN3O2S/c15-9-1-4-11(5-2-9)21-8-13-17-14(20-18-13)12-6-3-10(7-16)19-12/h1-2,4-5,10,12H,3,6-8,16H2. The van der Waals surface area contributed by atoms with E-state index in [1.165, 1.54) is 0 Å². The van der Waals surface area contributed by atoms with Gasteiger partial charge in [-0.15, -0.1) is 11.8 Å². The average Bonchev–Trinajstić information content (AvgIpc) is 3.15. The molecule has 1 aliphatic rings. The molecule has 1 fully saturated rings. The van der Waals surface area contributed by atoms with Crippen molar-refractivity contribution in [2.45, 2.75) is 35.7 Å². The van der Waals surface area contributed by atoms with Crippen LogP contribution in [0.2, 0.25) is 5.02 Å². The molecular weight excluding hydrogens is 310 g/mol. The second-order valence-electron chi connectivity index (χ2n) is 4.85. The smallest absolute Gasteiger partial charge is 0.255 e. The molecule has 2 atom stereocenters. The molecule has 2 aromatic rings. The maximum absolute atomic E-state index is 5.86. The van der Waals surface area contributed by atoms with Gasteiger partial charge in [0.1, 0.15) is 6.10 Å². The van der Waals surface area contributed by atoms with Gasteiger partial charge in [-0.1, -0.05) is 16.8 Å². The number of halogens is 1. The molecule has 21 heavy (non-hydrogen) atoms. The van der Waals surface area contributed by atoms with E-state index in [0.29, 0.717) is 24.0 Å². The lowest BCUT2D eigenvalue weighted by molar-refractivity contribution is 0.0307. The van der Waals surface area contributed by atoms with Gasteiger partial charge >= 0.3 is 0 Å². The molecule has 0 bridgehead atoms. The average molecular weight is 326 g/mol. The number of thioether (sulfide) groups is 1. The third-order valence-corrected chi connectivity index (χ3v) is 4.57. The number of rotatable bonds is 5. The Hall–Kier alpha value is -1.08. The van der Waals surface area contributed by atoms with Gasteiger partial charge in [0, 0.05) is 16.5 Å². The van der Waals surface area contributed by atoms with Crippen molar-refractivity contribution in [1.82, 2.24) is 10.1 Å². The van der Waals surface area contributed by atoms with Crippen molar-refractivity contribution in [2.75, 3.05) is 6.54 Å². The van der Waals surface area contributed by atoms with Crippen LogP contribution in [0.25, 0.3) is 0 Å². The number of nitrogens with two attached hydrogens (primary N) is 1. The SMILES string of the molecule is NCC1CCC(c2nc(CSc3ccc(Cl)cc3)no2)O1. The summed E-state index contributed by atoms with van der Waals surface area (Å²) in [6.07, 6.45) is 1.82. The highest BCUT2D eigenvalue weighted by Crippen LogP contribution is 2.32. The fraction of sp³-hybridized carbons (Fsp3) is 0.429. The quantitative estimate of drug-likeness (QED) is 0.851. The van der Waals surface area contributed by atoms with Crippen LogP contribution in [-0.4, -0.2) is 22.8 Å². The first kappa shape index (κ1) is 14.8. The van der Waals surface area contributed by atoms with Gasteiger partial charge < -0.3 is 15.0 Å². The van der Waals surface area contributed by atoms with Crippen molar-refractivity contribution in [1.29, 1.82) is 0 Å². The first-order valence-corrected chi connectivity index (χ1v) is 8.17. The van der Waals surface area contributed by atoms with Gasteiger partial charge in [0.2, 0.25) is 0 Å². The second-order valence-corrected chi connectivity index (χ2v) is 6.34. The zero-order valence-corrected chi connectivity index (χ0v) is 12.9. The molecule has 2 heterocycles. The highest BCUT2D eigenvalue weighted by atomic mass is 35.5. The summed E-state index contributed by atoms with van der Waals surface area (Å²) in [5, 5.41) is 4.73. The Labute approximate surface area is 132 Å². The van der Waals surface area contributed by atoms with Crippen LogP contribution in [0.3, 0.4) is 0 Å². The van der Waals surface area contributed by atoms with Crippen LogP contribution in [0.15, 0.2) is 33.7 Å². The zero-order valence-electron chi connectivity index (χ0n) is 11.4. The monoisotopic (exact) mass is 325 g/mol. The van der Waals surface area contributed by atoms with Crippen molar-refractivity contribution in [3.05, 3.63) is 41.0 Å². The predicted octanol–water partition coefficient (Wildman–Crippen LogP) is 3.19. The van der Waals surface area contributed by atoms with Crippen LogP contribution in [-0.2, 0) is 10.5 Å². The molecule has 1 aromatic heterocycles. The maximum atomic E-state index is 5.86. The van der Waals surface area contributed by atoms with Crippen LogP contribution in [0.4, 0.5) is 0 Å². The summed E-state index contributed by atoms with van der Waals surface area (Å²) in [7, 11) is 0. The van der Waals surface area contributed by atoms with E-state index in [4.69, 9.17) is 26.6 Å². The van der Waals surface area contributed by atoms with Gasteiger partial charge in [-0.25, -0.2) is 0 Å². The first-order chi connectivity index (χ1) is 10.2. The molecule has 7 heteroatoms. The van der Waals surface area contributed by atoms with Gasteiger partial charge in [0.05, 0.1) is 11.9 Å². The van der Waals surface area contributed by atoms with Gasteiger partial charge in [-0.3, -0.25) is 0 Å². The van der Waals surface area contributed by atoms with E-state index in [1.54, 1.807) is 11.8 Å². The number of hydrogen-bond donors (Lipinski definition) is 1. The van der Waals surface area contributed by atoms with Crippen LogP contribution in [0.5, 0.6) is 0 Å². The lowest BCUT2D eigenvalue weighted by Crippen LogP contribution is -2.18. The maximum Gasteiger partial charge on any atom is 0.255 e. The molecule has 1 saturated heterocycles. The summed E-state index contributed by atoms with van der Waals surface area (Å²) >= 11 is 7.50. The van der Waals surface area contributed by atoms with Gasteiger partial charge in [-0.05, 0) is 37.1 Å². The normalized spacial score (nSPS) is 21.8. The summed E-state index contributed by atoms with van der Waals surface area (Å²) in [6.45, 7) is 0.532. The summed E-state index contributed by atoms with van der Waals surface area (Å²) in [4.78, 5) is 5.52. The van der Waals surface area contributed by atoms with Gasteiger partial charge in [0.25, 0.3) is 5.89 Å².